The smallest absolute Gasteiger partial charge is 0.236 e. The quantitative estimate of drug-likeness (QED) is 0.349. The molecule has 0 spiro atoms. The van der Waals surface area contributed by atoms with Crippen molar-refractivity contribution in [2.24, 2.45) is 5.92 Å². The number of anilines is 2. The van der Waals surface area contributed by atoms with Crippen molar-refractivity contribution in [2.75, 3.05) is 28.4 Å². The number of hydrogen-bond acceptors (Lipinski definition) is 10. The van der Waals surface area contributed by atoms with Crippen molar-refractivity contribution in [3.63, 3.8) is 0 Å². The van der Waals surface area contributed by atoms with Crippen LogP contribution in [0.1, 0.15) is 18.1 Å². The third-order valence-corrected chi connectivity index (χ3v) is 8.01. The van der Waals surface area contributed by atoms with E-state index in [0.717, 1.165) is 15.8 Å². The van der Waals surface area contributed by atoms with E-state index in [4.69, 9.17) is 0 Å². The Bertz CT molecular complexity index is 970. The SMILES string of the molecule is CCSc1nnc(NC(=O)CSC2NC(=O)C3CNN(c4ccc(C)c(C)c4)C3N2)s1. The summed E-state index contributed by atoms with van der Waals surface area (Å²) in [6.45, 7) is 6.75. The summed E-state index contributed by atoms with van der Waals surface area (Å²) < 4.78 is 0.831. The second-order valence-electron chi connectivity index (χ2n) is 7.27. The Morgan fingerprint density at radius 2 is 2.16 bits per heavy atom. The Morgan fingerprint density at radius 1 is 1.32 bits per heavy atom. The van der Waals surface area contributed by atoms with E-state index in [-0.39, 0.29) is 35.1 Å². The number of hydrogen-bond donors (Lipinski definition) is 4. The van der Waals surface area contributed by atoms with Crippen molar-refractivity contribution in [3.8, 4) is 0 Å². The highest BCUT2D eigenvalue weighted by atomic mass is 32.2. The normalized spacial score (nSPS) is 22.9. The van der Waals surface area contributed by atoms with E-state index in [1.54, 1.807) is 11.8 Å². The molecule has 12 heteroatoms. The second kappa shape index (κ2) is 9.74. The zero-order chi connectivity index (χ0) is 22.0. The molecule has 3 unspecified atom stereocenters. The maximum atomic E-state index is 12.6. The molecule has 2 fully saturated rings. The van der Waals surface area contributed by atoms with Crippen LogP contribution in [-0.4, -0.2) is 51.7 Å². The molecule has 3 atom stereocenters. The van der Waals surface area contributed by atoms with Gasteiger partial charge in [-0.2, -0.15) is 0 Å². The Labute approximate surface area is 193 Å². The standard InChI is InChI=1S/C19H25N7O2S3/c1-4-29-19-25-24-18(31-19)21-14(27)9-30-17-22-15-13(16(28)23-17)8-20-26(15)12-6-5-10(2)11(3)7-12/h5-7,13,15,17,20,22H,4,8-9H2,1-3H3,(H,23,28)(H,21,24,27). The molecule has 1 aromatic carbocycles. The van der Waals surface area contributed by atoms with Crippen LogP contribution in [0.5, 0.6) is 0 Å². The van der Waals surface area contributed by atoms with Crippen LogP contribution in [-0.2, 0) is 9.59 Å². The highest BCUT2D eigenvalue weighted by Crippen LogP contribution is 2.29. The van der Waals surface area contributed by atoms with Gasteiger partial charge >= 0.3 is 0 Å². The van der Waals surface area contributed by atoms with E-state index >= 15 is 0 Å². The molecule has 2 saturated heterocycles. The monoisotopic (exact) mass is 479 g/mol. The molecule has 31 heavy (non-hydrogen) atoms. The number of carbonyl (C=O) groups excluding carboxylic acids is 2. The molecule has 1 aromatic heterocycles. The summed E-state index contributed by atoms with van der Waals surface area (Å²) in [5.41, 5.74) is 6.40. The summed E-state index contributed by atoms with van der Waals surface area (Å²) >= 11 is 4.29. The largest absolute Gasteiger partial charge is 0.331 e. The van der Waals surface area contributed by atoms with Gasteiger partial charge in [-0.1, -0.05) is 36.1 Å². The summed E-state index contributed by atoms with van der Waals surface area (Å²) in [5.74, 6) is 0.682. The highest BCUT2D eigenvalue weighted by Gasteiger charge is 2.44. The van der Waals surface area contributed by atoms with E-state index in [1.807, 2.05) is 11.9 Å². The van der Waals surface area contributed by atoms with Crippen LogP contribution in [0.25, 0.3) is 0 Å². The van der Waals surface area contributed by atoms with Gasteiger partial charge in [0.25, 0.3) is 0 Å². The van der Waals surface area contributed by atoms with Crippen molar-refractivity contribution in [1.82, 2.24) is 26.3 Å². The molecule has 4 rings (SSSR count). The maximum Gasteiger partial charge on any atom is 0.236 e. The number of aromatic nitrogens is 2. The molecule has 0 aliphatic carbocycles. The third-order valence-electron chi connectivity index (χ3n) is 5.14. The first-order chi connectivity index (χ1) is 14.9. The number of nitrogens with one attached hydrogen (secondary N) is 4. The number of amides is 2. The van der Waals surface area contributed by atoms with Gasteiger partial charge in [-0.25, -0.2) is 5.43 Å². The topological polar surface area (TPSA) is 111 Å². The van der Waals surface area contributed by atoms with Crippen LogP contribution in [0.3, 0.4) is 0 Å². The number of rotatable bonds is 7. The number of aryl methyl sites for hydroxylation is 2. The predicted octanol–water partition coefficient (Wildman–Crippen LogP) is 1.91. The minimum absolute atomic E-state index is 0.0224. The van der Waals surface area contributed by atoms with Crippen LogP contribution in [0, 0.1) is 19.8 Å². The van der Waals surface area contributed by atoms with Crippen LogP contribution in [0.15, 0.2) is 22.5 Å². The summed E-state index contributed by atoms with van der Waals surface area (Å²) in [6, 6.07) is 6.24. The molecule has 0 saturated carbocycles. The minimum atomic E-state index is -0.367. The number of hydrazine groups is 1. The first-order valence-corrected chi connectivity index (χ1v) is 12.8. The lowest BCUT2D eigenvalue weighted by molar-refractivity contribution is -0.127. The minimum Gasteiger partial charge on any atom is -0.331 e. The average Bonchev–Trinajstić information content (AvgIpc) is 3.36. The summed E-state index contributed by atoms with van der Waals surface area (Å²) in [5, 5.41) is 19.7. The van der Waals surface area contributed by atoms with Crippen LogP contribution in [0.2, 0.25) is 0 Å². The first-order valence-electron chi connectivity index (χ1n) is 9.98. The Hall–Kier alpha value is -1.86. The van der Waals surface area contributed by atoms with Crippen molar-refractivity contribution >= 4 is 57.5 Å². The highest BCUT2D eigenvalue weighted by molar-refractivity contribution is 8.01. The molecule has 2 aliphatic rings. The molecular weight excluding hydrogens is 454 g/mol. The molecule has 9 nitrogen and oxygen atoms in total. The van der Waals surface area contributed by atoms with Gasteiger partial charge in [0.1, 0.15) is 11.7 Å². The molecule has 4 N–H and O–H groups in total. The van der Waals surface area contributed by atoms with Crippen molar-refractivity contribution in [2.45, 2.75) is 36.8 Å². The van der Waals surface area contributed by atoms with Gasteiger partial charge in [-0.15, -0.1) is 22.0 Å². The van der Waals surface area contributed by atoms with Gasteiger partial charge in [0.2, 0.25) is 16.9 Å². The number of nitrogens with zero attached hydrogens (tertiary/aromatic N) is 3. The molecule has 0 radical (unpaired) electrons. The predicted molar refractivity (Wildman–Crippen MR) is 126 cm³/mol. The second-order valence-corrected chi connectivity index (χ2v) is 10.9. The maximum absolute atomic E-state index is 12.6. The molecular formula is C19H25N7O2S3. The number of fused-ring (bicyclic) bond motifs is 1. The van der Waals surface area contributed by atoms with E-state index in [0.29, 0.717) is 11.7 Å². The van der Waals surface area contributed by atoms with E-state index in [2.05, 4.69) is 63.6 Å². The average molecular weight is 480 g/mol. The van der Waals surface area contributed by atoms with Gasteiger partial charge in [-0.3, -0.25) is 25.2 Å². The summed E-state index contributed by atoms with van der Waals surface area (Å²) in [4.78, 5) is 25.0. The van der Waals surface area contributed by atoms with Gasteiger partial charge in [-0.05, 0) is 42.9 Å². The third kappa shape index (κ3) is 5.14. The fourth-order valence-corrected chi connectivity index (χ4v) is 5.91. The van der Waals surface area contributed by atoms with Crippen molar-refractivity contribution in [3.05, 3.63) is 29.3 Å². The molecule has 2 amide bonds. The first kappa shape index (κ1) is 22.3. The molecule has 166 valence electrons. The summed E-state index contributed by atoms with van der Waals surface area (Å²) in [6.07, 6.45) is -0.187. The lowest BCUT2D eigenvalue weighted by Crippen LogP contribution is -2.63. The van der Waals surface area contributed by atoms with Crippen molar-refractivity contribution < 1.29 is 9.59 Å². The number of thioether (sulfide) groups is 2. The van der Waals surface area contributed by atoms with E-state index in [9.17, 15) is 9.59 Å². The lowest BCUT2D eigenvalue weighted by Gasteiger charge is -2.37. The van der Waals surface area contributed by atoms with E-state index in [1.165, 1.54) is 34.2 Å². The molecule has 2 aromatic rings. The number of carbonyl (C=O) groups is 2. The van der Waals surface area contributed by atoms with Gasteiger partial charge in [0.15, 0.2) is 4.34 Å². The zero-order valence-electron chi connectivity index (χ0n) is 17.5. The Balaban J connectivity index is 1.35. The number of benzene rings is 1. The van der Waals surface area contributed by atoms with Gasteiger partial charge in [0, 0.05) is 6.54 Å². The van der Waals surface area contributed by atoms with Gasteiger partial charge < -0.3 is 5.32 Å². The van der Waals surface area contributed by atoms with Crippen LogP contribution in [0.4, 0.5) is 10.8 Å². The van der Waals surface area contributed by atoms with Crippen molar-refractivity contribution in [1.29, 1.82) is 0 Å². The van der Waals surface area contributed by atoms with E-state index < -0.39 is 0 Å². The Kier molecular flexibility index (Phi) is 7.02. The van der Waals surface area contributed by atoms with Crippen LogP contribution >= 0.6 is 34.9 Å². The summed E-state index contributed by atoms with van der Waals surface area (Å²) in [7, 11) is 0. The molecule has 2 aliphatic heterocycles. The van der Waals surface area contributed by atoms with Gasteiger partial charge in [0.05, 0.1) is 17.4 Å². The fourth-order valence-electron chi connectivity index (χ4n) is 3.42. The van der Waals surface area contributed by atoms with Crippen LogP contribution < -0.4 is 26.4 Å². The lowest BCUT2D eigenvalue weighted by atomic mass is 10.0. The fraction of sp³-hybridized carbons (Fsp3) is 0.474. The Morgan fingerprint density at radius 3 is 2.94 bits per heavy atom. The zero-order valence-corrected chi connectivity index (χ0v) is 19.9. The molecule has 3 heterocycles. The molecule has 0 bridgehead atoms.